The summed E-state index contributed by atoms with van der Waals surface area (Å²) in [4.78, 5) is 19.3. The lowest BCUT2D eigenvalue weighted by molar-refractivity contribution is 0.534. The van der Waals surface area contributed by atoms with E-state index in [4.69, 9.17) is 23.2 Å². The summed E-state index contributed by atoms with van der Waals surface area (Å²) in [6.45, 7) is 3.77. The fourth-order valence-electron chi connectivity index (χ4n) is 1.31. The van der Waals surface area contributed by atoms with Gasteiger partial charge in [-0.25, -0.2) is 19.9 Å². The molecule has 0 bridgehead atoms. The largest absolute Gasteiger partial charge is 0.344 e. The van der Waals surface area contributed by atoms with Gasteiger partial charge >= 0.3 is 5.69 Å². The summed E-state index contributed by atoms with van der Waals surface area (Å²) < 4.78 is 1.51. The van der Waals surface area contributed by atoms with E-state index in [0.717, 1.165) is 11.8 Å². The Bertz CT molecular complexity index is 624. The summed E-state index contributed by atoms with van der Waals surface area (Å²) in [6.07, 6.45) is 1.41. The van der Waals surface area contributed by atoms with E-state index < -0.39 is 0 Å². The van der Waals surface area contributed by atoms with Gasteiger partial charge in [0, 0.05) is 6.04 Å². The molecule has 2 aromatic rings. The zero-order valence-corrected chi connectivity index (χ0v) is 11.8. The average molecular weight is 306 g/mol. The molecule has 0 aromatic carbocycles. The smallest absolute Gasteiger partial charge is 0.267 e. The van der Waals surface area contributed by atoms with E-state index in [-0.39, 0.29) is 17.0 Å². The van der Waals surface area contributed by atoms with Gasteiger partial charge in [0.2, 0.25) is 5.28 Å². The highest BCUT2D eigenvalue weighted by molar-refractivity contribution is 7.99. The summed E-state index contributed by atoms with van der Waals surface area (Å²) in [5, 5.41) is 7.70. The summed E-state index contributed by atoms with van der Waals surface area (Å²) >= 11 is 12.8. The molecule has 0 saturated carbocycles. The van der Waals surface area contributed by atoms with Crippen molar-refractivity contribution in [2.45, 2.75) is 30.1 Å². The molecule has 0 fully saturated rings. The predicted octanol–water partition coefficient (Wildman–Crippen LogP) is 2.40. The Hall–Kier alpha value is -1.05. The molecule has 18 heavy (non-hydrogen) atoms. The Morgan fingerprint density at radius 1 is 1.44 bits per heavy atom. The molecule has 1 N–H and O–H groups in total. The van der Waals surface area contributed by atoms with Gasteiger partial charge in [0.05, 0.1) is 11.2 Å². The Balaban J connectivity index is 2.40. The topological polar surface area (TPSA) is 76.5 Å². The third kappa shape index (κ3) is 2.68. The van der Waals surface area contributed by atoms with E-state index in [1.54, 1.807) is 0 Å². The van der Waals surface area contributed by atoms with Crippen molar-refractivity contribution in [2.24, 2.45) is 0 Å². The number of aromatic nitrogens is 5. The standard InChI is InChI=1S/C9H9Cl2N5OS/c1-4(2)16-8(17)14-15-9(16)18-6-5(10)3-12-7(11)13-6/h3-4H,1-2H3,(H,14,17). The summed E-state index contributed by atoms with van der Waals surface area (Å²) in [6, 6.07) is -0.0187. The van der Waals surface area contributed by atoms with Crippen molar-refractivity contribution in [3.05, 3.63) is 27.0 Å². The maximum absolute atomic E-state index is 11.6. The van der Waals surface area contributed by atoms with E-state index in [1.807, 2.05) is 13.8 Å². The number of halogens is 2. The number of nitrogens with zero attached hydrogens (tertiary/aromatic N) is 4. The molecular formula is C9H9Cl2N5OS. The molecule has 0 saturated heterocycles. The van der Waals surface area contributed by atoms with Crippen molar-refractivity contribution >= 4 is 35.0 Å². The molecule has 0 unspecified atom stereocenters. The second-order valence-electron chi connectivity index (χ2n) is 3.67. The first-order valence-electron chi connectivity index (χ1n) is 5.02. The number of aromatic amines is 1. The normalized spacial score (nSPS) is 11.2. The van der Waals surface area contributed by atoms with E-state index in [0.29, 0.717) is 15.2 Å². The van der Waals surface area contributed by atoms with E-state index >= 15 is 0 Å². The molecule has 0 atom stereocenters. The van der Waals surface area contributed by atoms with Crippen LogP contribution in [-0.4, -0.2) is 24.7 Å². The van der Waals surface area contributed by atoms with Crippen molar-refractivity contribution in [3.8, 4) is 0 Å². The van der Waals surface area contributed by atoms with Crippen LogP contribution in [0.1, 0.15) is 19.9 Å². The average Bonchev–Trinajstić information content (AvgIpc) is 2.65. The minimum absolute atomic E-state index is 0.0187. The minimum Gasteiger partial charge on any atom is -0.267 e. The van der Waals surface area contributed by atoms with E-state index in [2.05, 4.69) is 20.2 Å². The van der Waals surface area contributed by atoms with Gasteiger partial charge in [-0.3, -0.25) is 4.57 Å². The number of hydrogen-bond acceptors (Lipinski definition) is 5. The van der Waals surface area contributed by atoms with Crippen molar-refractivity contribution in [1.82, 2.24) is 24.7 Å². The zero-order valence-electron chi connectivity index (χ0n) is 9.52. The molecule has 2 rings (SSSR count). The van der Waals surface area contributed by atoms with Crippen LogP contribution in [0.5, 0.6) is 0 Å². The van der Waals surface area contributed by atoms with Gasteiger partial charge < -0.3 is 0 Å². The highest BCUT2D eigenvalue weighted by Crippen LogP contribution is 2.30. The lowest BCUT2D eigenvalue weighted by atomic mass is 10.4. The molecular weight excluding hydrogens is 297 g/mol. The van der Waals surface area contributed by atoms with Gasteiger partial charge in [-0.1, -0.05) is 11.6 Å². The molecule has 2 heterocycles. The van der Waals surface area contributed by atoms with Crippen LogP contribution >= 0.6 is 35.0 Å². The van der Waals surface area contributed by atoms with E-state index in [9.17, 15) is 4.79 Å². The first kappa shape index (κ1) is 13.4. The van der Waals surface area contributed by atoms with Gasteiger partial charge in [0.15, 0.2) is 5.16 Å². The summed E-state index contributed by atoms with van der Waals surface area (Å²) in [5.74, 6) is 0. The third-order valence-electron chi connectivity index (χ3n) is 2.06. The molecule has 0 amide bonds. The summed E-state index contributed by atoms with van der Waals surface area (Å²) in [5.41, 5.74) is -0.274. The van der Waals surface area contributed by atoms with Crippen molar-refractivity contribution < 1.29 is 0 Å². The molecule has 9 heteroatoms. The van der Waals surface area contributed by atoms with Crippen molar-refractivity contribution in [3.63, 3.8) is 0 Å². The molecule has 0 aliphatic heterocycles. The van der Waals surface area contributed by atoms with Crippen LogP contribution in [0.4, 0.5) is 0 Å². The van der Waals surface area contributed by atoms with Crippen LogP contribution in [0.2, 0.25) is 10.3 Å². The SMILES string of the molecule is CC(C)n1c(Sc2nc(Cl)ncc2Cl)n[nH]c1=O. The number of rotatable bonds is 3. The van der Waals surface area contributed by atoms with Crippen LogP contribution in [-0.2, 0) is 0 Å². The number of nitrogens with one attached hydrogen (secondary N) is 1. The lowest BCUT2D eigenvalue weighted by Crippen LogP contribution is -2.19. The Morgan fingerprint density at radius 3 is 2.83 bits per heavy atom. The lowest BCUT2D eigenvalue weighted by Gasteiger charge is -2.08. The summed E-state index contributed by atoms with van der Waals surface area (Å²) in [7, 11) is 0. The molecule has 0 aliphatic rings. The molecule has 0 spiro atoms. The van der Waals surface area contributed by atoms with Crippen LogP contribution in [0.25, 0.3) is 0 Å². The first-order valence-corrected chi connectivity index (χ1v) is 6.59. The van der Waals surface area contributed by atoms with Gasteiger partial charge in [0.25, 0.3) is 0 Å². The van der Waals surface area contributed by atoms with Crippen LogP contribution in [0.15, 0.2) is 21.2 Å². The number of H-pyrrole nitrogens is 1. The maximum atomic E-state index is 11.6. The first-order chi connectivity index (χ1) is 8.49. The zero-order chi connectivity index (χ0) is 13.3. The minimum atomic E-state index is -0.274. The van der Waals surface area contributed by atoms with Crippen molar-refractivity contribution in [2.75, 3.05) is 0 Å². The monoisotopic (exact) mass is 305 g/mol. The van der Waals surface area contributed by atoms with Crippen LogP contribution in [0, 0.1) is 0 Å². The van der Waals surface area contributed by atoms with Gasteiger partial charge in [-0.05, 0) is 37.2 Å². The Labute approximate surface area is 117 Å². The predicted molar refractivity (Wildman–Crippen MR) is 69.4 cm³/mol. The highest BCUT2D eigenvalue weighted by Gasteiger charge is 2.15. The second kappa shape index (κ2) is 5.29. The fourth-order valence-corrected chi connectivity index (χ4v) is 2.64. The van der Waals surface area contributed by atoms with E-state index in [1.165, 1.54) is 10.8 Å². The molecule has 0 aliphatic carbocycles. The molecule has 6 nitrogen and oxygen atoms in total. The Kier molecular flexibility index (Phi) is 3.94. The fraction of sp³-hybridized carbons (Fsp3) is 0.333. The molecule has 2 aromatic heterocycles. The van der Waals surface area contributed by atoms with Gasteiger partial charge in [0.1, 0.15) is 5.03 Å². The van der Waals surface area contributed by atoms with Gasteiger partial charge in [-0.2, -0.15) is 0 Å². The molecule has 0 radical (unpaired) electrons. The second-order valence-corrected chi connectivity index (χ2v) is 5.37. The van der Waals surface area contributed by atoms with Crippen LogP contribution < -0.4 is 5.69 Å². The third-order valence-corrected chi connectivity index (χ3v) is 3.60. The van der Waals surface area contributed by atoms with Crippen molar-refractivity contribution in [1.29, 1.82) is 0 Å². The highest BCUT2D eigenvalue weighted by atomic mass is 35.5. The maximum Gasteiger partial charge on any atom is 0.344 e. The quantitative estimate of drug-likeness (QED) is 0.696. The Morgan fingerprint density at radius 2 is 2.17 bits per heavy atom. The number of hydrogen-bond donors (Lipinski definition) is 1. The van der Waals surface area contributed by atoms with Gasteiger partial charge in [-0.15, -0.1) is 5.10 Å². The molecule has 96 valence electrons. The van der Waals surface area contributed by atoms with Crippen LogP contribution in [0.3, 0.4) is 0 Å².